The first-order chi connectivity index (χ1) is 6.42. The molecule has 4 nitrogen and oxygen atoms in total. The Morgan fingerprint density at radius 2 is 1.86 bits per heavy atom. The van der Waals surface area contributed by atoms with Gasteiger partial charge >= 0.3 is 0 Å². The lowest BCUT2D eigenvalue weighted by Gasteiger charge is -2.32. The second-order valence-electron chi connectivity index (χ2n) is 3.00. The minimum atomic E-state index is -3.24. The van der Waals surface area contributed by atoms with Gasteiger partial charge in [0.25, 0.3) is 0 Å². The molecule has 0 fully saturated rings. The number of carboxylic acid groups (broad SMARTS) is 1. The highest BCUT2D eigenvalue weighted by atomic mass is 32.3. The first-order valence-corrected chi connectivity index (χ1v) is 5.66. The molecule has 0 atom stereocenters. The molecule has 0 unspecified atom stereocenters. The van der Waals surface area contributed by atoms with Gasteiger partial charge in [0.1, 0.15) is 0 Å². The molecule has 5 heteroatoms. The molecule has 0 radical (unpaired) electrons. The second kappa shape index (κ2) is 4.00. The molecule has 2 N–H and O–H groups in total. The minimum Gasteiger partial charge on any atom is -0.548 e. The van der Waals surface area contributed by atoms with Crippen molar-refractivity contribution in [3.8, 4) is 0 Å². The number of hydrogen-bond donors (Lipinski definition) is 2. The number of hydrogen-bond acceptors (Lipinski definition) is 4. The average molecular weight is 215 g/mol. The van der Waals surface area contributed by atoms with Crippen molar-refractivity contribution in [2.24, 2.45) is 0 Å². The van der Waals surface area contributed by atoms with E-state index in [9.17, 15) is 19.0 Å². The Morgan fingerprint density at radius 1 is 1.36 bits per heavy atom. The van der Waals surface area contributed by atoms with Gasteiger partial charge < -0.3 is 9.90 Å². The maximum Gasteiger partial charge on any atom is 0.0820 e. The van der Waals surface area contributed by atoms with Crippen LogP contribution in [0.5, 0.6) is 0 Å². The summed E-state index contributed by atoms with van der Waals surface area (Å²) in [6.45, 7) is 1.86. The third-order valence-corrected chi connectivity index (χ3v) is 3.38. The summed E-state index contributed by atoms with van der Waals surface area (Å²) in [6.07, 6.45) is 0. The van der Waals surface area contributed by atoms with Crippen molar-refractivity contribution in [1.82, 2.24) is 0 Å². The fraction of sp³-hybridized carbons (Fsp3) is 0.222. The summed E-state index contributed by atoms with van der Waals surface area (Å²) >= 11 is 0. The number of carboxylic acids is 1. The molecule has 0 aliphatic rings. The Morgan fingerprint density at radius 3 is 2.29 bits per heavy atom. The normalized spacial score (nSPS) is 12.5. The monoisotopic (exact) mass is 215 g/mol. The predicted molar refractivity (Wildman–Crippen MR) is 52.2 cm³/mol. The Kier molecular flexibility index (Phi) is 3.15. The van der Waals surface area contributed by atoms with Crippen molar-refractivity contribution in [3.63, 3.8) is 0 Å². The van der Waals surface area contributed by atoms with Crippen molar-refractivity contribution in [1.29, 1.82) is 0 Å². The van der Waals surface area contributed by atoms with Crippen LogP contribution in [-0.4, -0.2) is 20.8 Å². The lowest BCUT2D eigenvalue weighted by Crippen LogP contribution is -2.29. The van der Waals surface area contributed by atoms with E-state index in [1.807, 2.05) is 6.92 Å². The van der Waals surface area contributed by atoms with Crippen LogP contribution in [0.4, 0.5) is 0 Å². The number of aliphatic carboxylic acids is 1. The van der Waals surface area contributed by atoms with Crippen LogP contribution in [0.2, 0.25) is 0 Å². The topological polar surface area (TPSA) is 80.6 Å². The molecule has 14 heavy (non-hydrogen) atoms. The number of carbonyl (C=O) groups is 1. The van der Waals surface area contributed by atoms with E-state index in [1.165, 1.54) is 12.1 Å². The summed E-state index contributed by atoms with van der Waals surface area (Å²) in [5, 5.41) is 10.2. The third-order valence-electron chi connectivity index (χ3n) is 1.72. The third kappa shape index (κ3) is 2.73. The zero-order valence-electron chi connectivity index (χ0n) is 7.64. The molecule has 0 amide bonds. The summed E-state index contributed by atoms with van der Waals surface area (Å²) in [4.78, 5) is 10.5. The van der Waals surface area contributed by atoms with Crippen LogP contribution in [0.25, 0.3) is 0 Å². The molecule has 0 spiro atoms. The van der Waals surface area contributed by atoms with Gasteiger partial charge in [-0.05, 0) is 19.1 Å². The van der Waals surface area contributed by atoms with Crippen molar-refractivity contribution in [2.45, 2.75) is 11.8 Å². The fourth-order valence-corrected chi connectivity index (χ4v) is 2.07. The molecule has 78 valence electrons. The van der Waals surface area contributed by atoms with Crippen LogP contribution in [-0.2, 0) is 4.79 Å². The molecule has 0 saturated carbocycles. The quantitative estimate of drug-likeness (QED) is 0.783. The Labute approximate surface area is 83.5 Å². The van der Waals surface area contributed by atoms with Crippen LogP contribution in [0, 0.1) is 6.92 Å². The fourth-order valence-electron chi connectivity index (χ4n) is 1.00. The van der Waals surface area contributed by atoms with E-state index in [2.05, 4.69) is 0 Å². The molecule has 0 bridgehead atoms. The zero-order valence-corrected chi connectivity index (χ0v) is 8.45. The van der Waals surface area contributed by atoms with Crippen molar-refractivity contribution in [2.75, 3.05) is 5.75 Å². The molecule has 0 aliphatic heterocycles. The highest BCUT2D eigenvalue weighted by Crippen LogP contribution is 2.47. The Balaban J connectivity index is 2.91. The molecular formula is C9H11O4S-. The summed E-state index contributed by atoms with van der Waals surface area (Å²) < 4.78 is 18.9. The van der Waals surface area contributed by atoms with Gasteiger partial charge in [-0.25, -0.2) is 0 Å². The largest absolute Gasteiger partial charge is 0.548 e. The summed E-state index contributed by atoms with van der Waals surface area (Å²) in [7, 11) is -3.24. The van der Waals surface area contributed by atoms with Crippen molar-refractivity contribution in [3.05, 3.63) is 29.8 Å². The lowest BCUT2D eigenvalue weighted by atomic mass is 10.2. The van der Waals surface area contributed by atoms with Crippen LogP contribution in [0.15, 0.2) is 29.2 Å². The van der Waals surface area contributed by atoms with Gasteiger partial charge in [-0.2, -0.15) is 10.6 Å². The first-order valence-electron chi connectivity index (χ1n) is 3.94. The molecule has 1 aromatic rings. The summed E-state index contributed by atoms with van der Waals surface area (Å²) in [5.74, 6) is -2.22. The number of rotatable bonds is 3. The smallest absolute Gasteiger partial charge is 0.0820 e. The van der Waals surface area contributed by atoms with Gasteiger partial charge in [0.05, 0.1) is 16.6 Å². The van der Waals surface area contributed by atoms with Gasteiger partial charge in [0.15, 0.2) is 0 Å². The molecule has 0 aromatic heterocycles. The zero-order chi connectivity index (χ0) is 10.8. The number of benzene rings is 1. The molecule has 0 saturated heterocycles. The van der Waals surface area contributed by atoms with E-state index < -0.39 is 22.3 Å². The van der Waals surface area contributed by atoms with Gasteiger partial charge in [-0.3, -0.25) is 9.11 Å². The molecule has 1 aromatic carbocycles. The maximum absolute atomic E-state index is 10.2. The SMILES string of the molecule is Cc1ccc(S(O)(O)CC(=O)[O-])cc1. The summed E-state index contributed by atoms with van der Waals surface area (Å²) in [5.41, 5.74) is 0.970. The standard InChI is InChI=1S/C9H12O4S/c1-7-2-4-8(5-3-7)14(12,13)6-9(10)11/h2-5,12-13H,6H2,1H3,(H,10,11)/p-1. The molecule has 0 heterocycles. The van der Waals surface area contributed by atoms with Gasteiger partial charge in [0.2, 0.25) is 0 Å². The van der Waals surface area contributed by atoms with E-state index in [4.69, 9.17) is 0 Å². The van der Waals surface area contributed by atoms with Gasteiger partial charge in [-0.1, -0.05) is 17.7 Å². The van der Waals surface area contributed by atoms with Crippen LogP contribution >= 0.6 is 10.6 Å². The van der Waals surface area contributed by atoms with Crippen LogP contribution < -0.4 is 5.11 Å². The van der Waals surface area contributed by atoms with Crippen LogP contribution in [0.3, 0.4) is 0 Å². The first kappa shape index (κ1) is 11.0. The highest BCUT2D eigenvalue weighted by Gasteiger charge is 2.15. The summed E-state index contributed by atoms with van der Waals surface area (Å²) in [6, 6.07) is 6.40. The molecule has 1 rings (SSSR count). The van der Waals surface area contributed by atoms with E-state index in [1.54, 1.807) is 12.1 Å². The number of aryl methyl sites for hydroxylation is 1. The lowest BCUT2D eigenvalue weighted by molar-refractivity contribution is -0.301. The van der Waals surface area contributed by atoms with E-state index in [0.29, 0.717) is 0 Å². The molecular weight excluding hydrogens is 204 g/mol. The second-order valence-corrected chi connectivity index (χ2v) is 5.09. The van der Waals surface area contributed by atoms with Gasteiger partial charge in [-0.15, -0.1) is 0 Å². The van der Waals surface area contributed by atoms with Crippen molar-refractivity contribution >= 4 is 16.6 Å². The van der Waals surface area contributed by atoms with E-state index >= 15 is 0 Å². The van der Waals surface area contributed by atoms with Crippen LogP contribution in [0.1, 0.15) is 5.56 Å². The van der Waals surface area contributed by atoms with E-state index in [-0.39, 0.29) is 4.90 Å². The minimum absolute atomic E-state index is 0.229. The average Bonchev–Trinajstić information content (AvgIpc) is 2.02. The number of carbonyl (C=O) groups excluding carboxylic acids is 1. The van der Waals surface area contributed by atoms with Gasteiger partial charge in [0, 0.05) is 0 Å². The van der Waals surface area contributed by atoms with Crippen molar-refractivity contribution < 1.29 is 19.0 Å². The highest BCUT2D eigenvalue weighted by molar-refractivity contribution is 8.24. The Bertz CT molecular complexity index is 331. The Hall–Kier alpha value is -1.04. The molecule has 0 aliphatic carbocycles. The predicted octanol–water partition coefficient (Wildman–Crippen LogP) is 0.854. The van der Waals surface area contributed by atoms with E-state index in [0.717, 1.165) is 5.56 Å². The maximum atomic E-state index is 10.2.